The number of hydrogen-bond donors (Lipinski definition) is 0. The normalized spacial score (nSPS) is 11.2. The van der Waals surface area contributed by atoms with Crippen molar-refractivity contribution in [3.8, 4) is 0 Å². The minimum atomic E-state index is 0.720. The van der Waals surface area contributed by atoms with Gasteiger partial charge in [0.05, 0.1) is 0 Å². The van der Waals surface area contributed by atoms with Crippen molar-refractivity contribution in [1.82, 2.24) is 0 Å². The van der Waals surface area contributed by atoms with Crippen molar-refractivity contribution in [3.63, 3.8) is 0 Å². The van der Waals surface area contributed by atoms with Gasteiger partial charge in [0.2, 0.25) is 9.76 Å². The summed E-state index contributed by atoms with van der Waals surface area (Å²) in [5.74, 6) is 0. The van der Waals surface area contributed by atoms with E-state index in [1.807, 2.05) is 0 Å². The van der Waals surface area contributed by atoms with Gasteiger partial charge in [0.25, 0.3) is 0 Å². The average molecular weight is 184 g/mol. The summed E-state index contributed by atoms with van der Waals surface area (Å²) in [6.07, 6.45) is 9.20. The summed E-state index contributed by atoms with van der Waals surface area (Å²) in [5.41, 5.74) is 0. The van der Waals surface area contributed by atoms with E-state index in [1.165, 1.54) is 25.3 Å². The lowest BCUT2D eigenvalue weighted by atomic mass is 10.3. The van der Waals surface area contributed by atoms with Crippen molar-refractivity contribution in [3.05, 3.63) is 12.2 Å². The molecule has 0 bridgehead atoms. The Morgan fingerprint density at radius 1 is 1.25 bits per heavy atom. The van der Waals surface area contributed by atoms with Crippen LogP contribution in [-0.2, 0) is 4.43 Å². The van der Waals surface area contributed by atoms with Crippen LogP contribution in [-0.4, -0.2) is 16.4 Å². The molecular formula is C10H20OSi. The van der Waals surface area contributed by atoms with Gasteiger partial charge in [-0.2, -0.15) is 0 Å². The Hall–Kier alpha value is -0.0831. The first-order valence-corrected chi connectivity index (χ1v) is 6.03. The lowest BCUT2D eigenvalue weighted by molar-refractivity contribution is 0.328. The molecule has 0 aromatic rings. The number of hydrogen-bond acceptors (Lipinski definition) is 1. The summed E-state index contributed by atoms with van der Waals surface area (Å²) in [6.45, 7) is 5.29. The van der Waals surface area contributed by atoms with Crippen LogP contribution < -0.4 is 0 Å². The summed E-state index contributed by atoms with van der Waals surface area (Å²) >= 11 is 0. The quantitative estimate of drug-likeness (QED) is 0.320. The molecule has 0 saturated carbocycles. The maximum atomic E-state index is 5.45. The molecule has 12 heavy (non-hydrogen) atoms. The van der Waals surface area contributed by atoms with E-state index in [4.69, 9.17) is 4.43 Å². The second-order valence-corrected chi connectivity index (χ2v) is 3.84. The van der Waals surface area contributed by atoms with Gasteiger partial charge in [0.15, 0.2) is 0 Å². The SMILES string of the molecule is CCC=CCCCO[Si]CCC. The average Bonchev–Trinajstić information content (AvgIpc) is 2.10. The van der Waals surface area contributed by atoms with Gasteiger partial charge in [-0.1, -0.05) is 32.4 Å². The number of rotatable bonds is 8. The summed E-state index contributed by atoms with van der Waals surface area (Å²) < 4.78 is 5.45. The highest BCUT2D eigenvalue weighted by Gasteiger charge is 1.88. The van der Waals surface area contributed by atoms with Gasteiger partial charge in [0.1, 0.15) is 0 Å². The maximum absolute atomic E-state index is 5.45. The molecule has 0 unspecified atom stereocenters. The standard InChI is InChI=1S/C10H20OSi/c1-3-5-6-7-8-9-11-12-10-4-2/h5-6H,3-4,7-10H2,1-2H3. The van der Waals surface area contributed by atoms with Gasteiger partial charge in [-0.05, 0) is 25.3 Å². The Kier molecular flexibility index (Phi) is 10.8. The predicted octanol–water partition coefficient (Wildman–Crippen LogP) is 3.20. The lowest BCUT2D eigenvalue weighted by Crippen LogP contribution is -1.99. The van der Waals surface area contributed by atoms with Gasteiger partial charge >= 0.3 is 0 Å². The first-order valence-electron chi connectivity index (χ1n) is 4.91. The van der Waals surface area contributed by atoms with E-state index in [9.17, 15) is 0 Å². The number of allylic oxidation sites excluding steroid dienone is 2. The largest absolute Gasteiger partial charge is 0.417 e. The molecule has 0 aliphatic rings. The van der Waals surface area contributed by atoms with E-state index in [0.717, 1.165) is 22.8 Å². The highest BCUT2D eigenvalue weighted by atomic mass is 28.2. The van der Waals surface area contributed by atoms with E-state index in [0.29, 0.717) is 0 Å². The summed E-state index contributed by atoms with van der Waals surface area (Å²) in [4.78, 5) is 0. The Morgan fingerprint density at radius 3 is 2.75 bits per heavy atom. The molecule has 0 fully saturated rings. The van der Waals surface area contributed by atoms with Gasteiger partial charge in [0, 0.05) is 6.61 Å². The second kappa shape index (κ2) is 10.9. The van der Waals surface area contributed by atoms with Gasteiger partial charge in [-0.3, -0.25) is 0 Å². The first kappa shape index (κ1) is 11.9. The van der Waals surface area contributed by atoms with Crippen molar-refractivity contribution >= 4 is 9.76 Å². The monoisotopic (exact) mass is 184 g/mol. The summed E-state index contributed by atoms with van der Waals surface area (Å²) in [7, 11) is 0.720. The minimum Gasteiger partial charge on any atom is -0.417 e. The highest BCUT2D eigenvalue weighted by Crippen LogP contribution is 1.94. The zero-order valence-electron chi connectivity index (χ0n) is 8.31. The third kappa shape index (κ3) is 9.92. The van der Waals surface area contributed by atoms with E-state index < -0.39 is 0 Å². The van der Waals surface area contributed by atoms with Crippen molar-refractivity contribution in [2.45, 2.75) is 45.6 Å². The highest BCUT2D eigenvalue weighted by molar-refractivity contribution is 6.26. The molecule has 2 heteroatoms. The van der Waals surface area contributed by atoms with Crippen LogP contribution in [0.3, 0.4) is 0 Å². The van der Waals surface area contributed by atoms with Crippen molar-refractivity contribution in [1.29, 1.82) is 0 Å². The summed E-state index contributed by atoms with van der Waals surface area (Å²) in [5, 5.41) is 0. The molecule has 0 saturated heterocycles. The zero-order chi connectivity index (χ0) is 9.07. The Labute approximate surface area is 79.1 Å². The fourth-order valence-electron chi connectivity index (χ4n) is 0.804. The molecule has 0 aliphatic heterocycles. The third-order valence-electron chi connectivity index (χ3n) is 1.47. The lowest BCUT2D eigenvalue weighted by Gasteiger charge is -1.98. The summed E-state index contributed by atoms with van der Waals surface area (Å²) in [6, 6.07) is 1.23. The first-order chi connectivity index (χ1) is 5.91. The van der Waals surface area contributed by atoms with Crippen molar-refractivity contribution in [2.75, 3.05) is 6.61 Å². The number of unbranched alkanes of at least 4 members (excludes halogenated alkanes) is 1. The van der Waals surface area contributed by atoms with Crippen LogP contribution in [0.4, 0.5) is 0 Å². The smallest absolute Gasteiger partial charge is 0.229 e. The van der Waals surface area contributed by atoms with Gasteiger partial charge in [-0.15, -0.1) is 0 Å². The fourth-order valence-corrected chi connectivity index (χ4v) is 1.44. The Morgan fingerprint density at radius 2 is 2.08 bits per heavy atom. The molecule has 0 atom stereocenters. The Balaban J connectivity index is 2.86. The van der Waals surface area contributed by atoms with Gasteiger partial charge < -0.3 is 4.43 Å². The van der Waals surface area contributed by atoms with Crippen LogP contribution in [0.25, 0.3) is 0 Å². The molecule has 0 rings (SSSR count). The molecule has 0 aromatic heterocycles. The van der Waals surface area contributed by atoms with E-state index in [2.05, 4.69) is 26.0 Å². The van der Waals surface area contributed by atoms with Crippen LogP contribution in [0.2, 0.25) is 6.04 Å². The molecule has 0 spiro atoms. The molecule has 70 valence electrons. The molecule has 0 aromatic carbocycles. The van der Waals surface area contributed by atoms with Crippen molar-refractivity contribution in [2.24, 2.45) is 0 Å². The van der Waals surface area contributed by atoms with E-state index >= 15 is 0 Å². The molecule has 2 radical (unpaired) electrons. The maximum Gasteiger partial charge on any atom is 0.229 e. The van der Waals surface area contributed by atoms with E-state index in [1.54, 1.807) is 0 Å². The zero-order valence-corrected chi connectivity index (χ0v) is 9.31. The van der Waals surface area contributed by atoms with E-state index in [-0.39, 0.29) is 0 Å². The van der Waals surface area contributed by atoms with Crippen molar-refractivity contribution < 1.29 is 4.43 Å². The molecular weight excluding hydrogens is 164 g/mol. The molecule has 0 amide bonds. The van der Waals surface area contributed by atoms with Crippen LogP contribution in [0.15, 0.2) is 12.2 Å². The molecule has 0 heterocycles. The van der Waals surface area contributed by atoms with Crippen LogP contribution >= 0.6 is 0 Å². The molecule has 1 nitrogen and oxygen atoms in total. The molecule has 0 N–H and O–H groups in total. The van der Waals surface area contributed by atoms with Crippen LogP contribution in [0.1, 0.15) is 39.5 Å². The van der Waals surface area contributed by atoms with Crippen LogP contribution in [0.5, 0.6) is 0 Å². The second-order valence-electron chi connectivity index (χ2n) is 2.76. The van der Waals surface area contributed by atoms with Crippen LogP contribution in [0, 0.1) is 0 Å². The topological polar surface area (TPSA) is 9.23 Å². The Bertz CT molecular complexity index is 102. The molecule has 0 aliphatic carbocycles. The fraction of sp³-hybridized carbons (Fsp3) is 0.800. The van der Waals surface area contributed by atoms with Gasteiger partial charge in [-0.25, -0.2) is 0 Å². The predicted molar refractivity (Wildman–Crippen MR) is 55.5 cm³/mol. The minimum absolute atomic E-state index is 0.720. The third-order valence-corrected chi connectivity index (χ3v) is 2.59.